The molecule has 2 aromatic rings. The Labute approximate surface area is 151 Å². The minimum atomic E-state index is -4.81. The second kappa shape index (κ2) is 8.40. The summed E-state index contributed by atoms with van der Waals surface area (Å²) in [6.07, 6.45) is 0. The zero-order chi connectivity index (χ0) is 19.2. The van der Waals surface area contributed by atoms with E-state index >= 15 is 0 Å². The van der Waals surface area contributed by atoms with Crippen LogP contribution in [0.15, 0.2) is 72.8 Å². The first-order chi connectivity index (χ1) is 12.2. The highest BCUT2D eigenvalue weighted by molar-refractivity contribution is 7.46. The van der Waals surface area contributed by atoms with Crippen molar-refractivity contribution in [3.63, 3.8) is 0 Å². The molecular weight excluding hydrogens is 359 g/mol. The molecule has 0 aliphatic heterocycles. The van der Waals surface area contributed by atoms with Crippen molar-refractivity contribution in [2.24, 2.45) is 0 Å². The van der Waals surface area contributed by atoms with Crippen LogP contribution in [0.2, 0.25) is 0 Å². The van der Waals surface area contributed by atoms with Crippen LogP contribution < -0.4 is 0 Å². The first kappa shape index (κ1) is 20.0. The summed E-state index contributed by atoms with van der Waals surface area (Å²) in [5.74, 6) is -0.808. The molecule has 0 atom stereocenters. The fourth-order valence-corrected chi connectivity index (χ4v) is 2.57. The van der Waals surface area contributed by atoms with Crippen molar-refractivity contribution in [2.75, 3.05) is 6.61 Å². The minimum absolute atomic E-state index is 0.107. The molecule has 0 bridgehead atoms. The number of carbonyl (C=O) groups excluding carboxylic acids is 1. The minimum Gasteiger partial charge on any atom is -0.303 e. The van der Waals surface area contributed by atoms with Gasteiger partial charge in [-0.2, -0.15) is 4.89 Å². The lowest BCUT2D eigenvalue weighted by molar-refractivity contribution is -0.329. The molecule has 0 amide bonds. The summed E-state index contributed by atoms with van der Waals surface area (Å²) < 4.78 is 16.0. The molecule has 2 rings (SSSR count). The normalized spacial score (nSPS) is 11.8. The summed E-state index contributed by atoms with van der Waals surface area (Å²) in [6, 6.07) is 17.1. The molecule has 0 aliphatic carbocycles. The lowest BCUT2D eigenvalue weighted by atomic mass is 9.87. The zero-order valence-electron chi connectivity index (χ0n) is 14.1. The van der Waals surface area contributed by atoms with Gasteiger partial charge in [0.1, 0.15) is 6.61 Å². The van der Waals surface area contributed by atoms with Gasteiger partial charge < -0.3 is 9.79 Å². The van der Waals surface area contributed by atoms with Gasteiger partial charge in [-0.3, -0.25) is 9.41 Å². The van der Waals surface area contributed by atoms with Gasteiger partial charge in [-0.15, -0.1) is 0 Å². The largest absolute Gasteiger partial charge is 0.469 e. The molecule has 0 aromatic heterocycles. The molecule has 7 nitrogen and oxygen atoms in total. The van der Waals surface area contributed by atoms with Gasteiger partial charge in [-0.1, -0.05) is 67.2 Å². The highest BCUT2D eigenvalue weighted by Crippen LogP contribution is 2.42. The van der Waals surface area contributed by atoms with Crippen LogP contribution in [0.4, 0.5) is 0 Å². The molecule has 0 heterocycles. The Balaban J connectivity index is 2.52. The van der Waals surface area contributed by atoms with E-state index in [2.05, 4.69) is 6.58 Å². The average Bonchev–Trinajstić information content (AvgIpc) is 2.62. The third kappa shape index (κ3) is 5.11. The number of phosphoric ester groups is 1. The molecule has 0 saturated carbocycles. The summed E-state index contributed by atoms with van der Waals surface area (Å²) in [6.45, 7) is 4.34. The standard InChI is InChI=1S/C18H19O7P/c1-14(2)17(19)24-25-18(13-23-26(20,21)22,15-9-5-3-6-10-15)16-11-7-4-8-12-16/h3-12H,1,13H2,2H3,(H2,20,21,22). The van der Waals surface area contributed by atoms with E-state index in [1.807, 2.05) is 0 Å². The molecule has 26 heavy (non-hydrogen) atoms. The Morgan fingerprint density at radius 3 is 1.88 bits per heavy atom. The smallest absolute Gasteiger partial charge is 0.303 e. The van der Waals surface area contributed by atoms with Crippen LogP contribution in [-0.4, -0.2) is 22.4 Å². The number of rotatable bonds is 8. The molecule has 0 aliphatic rings. The predicted molar refractivity (Wildman–Crippen MR) is 93.7 cm³/mol. The fraction of sp³-hybridized carbons (Fsp3) is 0.167. The summed E-state index contributed by atoms with van der Waals surface area (Å²) in [5, 5.41) is 0. The van der Waals surface area contributed by atoms with Crippen molar-refractivity contribution in [1.29, 1.82) is 0 Å². The molecule has 2 N–H and O–H groups in total. The number of benzene rings is 2. The first-order valence-corrected chi connectivity index (χ1v) is 9.14. The molecule has 138 valence electrons. The molecule has 0 spiro atoms. The van der Waals surface area contributed by atoms with Gasteiger partial charge in [0.2, 0.25) is 0 Å². The average molecular weight is 378 g/mol. The second-order valence-corrected chi connectivity index (χ2v) is 6.80. The lowest BCUT2D eigenvalue weighted by Crippen LogP contribution is -2.37. The molecular formula is C18H19O7P. The number of hydrogen-bond donors (Lipinski definition) is 2. The van der Waals surface area contributed by atoms with E-state index in [1.165, 1.54) is 6.92 Å². The van der Waals surface area contributed by atoms with E-state index in [4.69, 9.17) is 24.1 Å². The van der Waals surface area contributed by atoms with Gasteiger partial charge in [0, 0.05) is 5.57 Å². The van der Waals surface area contributed by atoms with Gasteiger partial charge in [-0.25, -0.2) is 9.36 Å². The van der Waals surface area contributed by atoms with E-state index in [9.17, 15) is 9.36 Å². The van der Waals surface area contributed by atoms with Crippen LogP contribution in [0.5, 0.6) is 0 Å². The van der Waals surface area contributed by atoms with E-state index in [0.29, 0.717) is 11.1 Å². The zero-order valence-corrected chi connectivity index (χ0v) is 15.0. The monoisotopic (exact) mass is 378 g/mol. The summed E-state index contributed by atoms with van der Waals surface area (Å²) in [4.78, 5) is 40.4. The summed E-state index contributed by atoms with van der Waals surface area (Å²) >= 11 is 0. The molecule has 0 unspecified atom stereocenters. The molecule has 0 fully saturated rings. The van der Waals surface area contributed by atoms with E-state index in [1.54, 1.807) is 60.7 Å². The van der Waals surface area contributed by atoms with Crippen LogP contribution in [0.3, 0.4) is 0 Å². The Kier molecular flexibility index (Phi) is 6.47. The van der Waals surface area contributed by atoms with Crippen LogP contribution in [0, 0.1) is 0 Å². The SMILES string of the molecule is C=C(C)C(=O)OOC(COP(=O)(O)O)(c1ccccc1)c1ccccc1. The van der Waals surface area contributed by atoms with Crippen LogP contribution in [0.25, 0.3) is 0 Å². The van der Waals surface area contributed by atoms with Crippen LogP contribution >= 0.6 is 7.82 Å². The Hall–Kier alpha value is -2.28. The van der Waals surface area contributed by atoms with E-state index in [0.717, 1.165) is 0 Å². The topological polar surface area (TPSA) is 102 Å². The van der Waals surface area contributed by atoms with Crippen molar-refractivity contribution in [3.05, 3.63) is 83.9 Å². The van der Waals surface area contributed by atoms with Crippen LogP contribution in [-0.2, 0) is 29.3 Å². The first-order valence-electron chi connectivity index (χ1n) is 7.61. The third-order valence-electron chi connectivity index (χ3n) is 3.52. The van der Waals surface area contributed by atoms with Crippen molar-refractivity contribution in [3.8, 4) is 0 Å². The molecule has 8 heteroatoms. The maximum Gasteiger partial charge on any atom is 0.469 e. The number of carbonyl (C=O) groups is 1. The van der Waals surface area contributed by atoms with Gasteiger partial charge in [0.15, 0.2) is 5.60 Å². The molecule has 2 aromatic carbocycles. The fourth-order valence-electron chi connectivity index (χ4n) is 2.22. The Morgan fingerprint density at radius 2 is 1.50 bits per heavy atom. The highest BCUT2D eigenvalue weighted by Gasteiger charge is 2.41. The maximum absolute atomic E-state index is 11.8. The lowest BCUT2D eigenvalue weighted by Gasteiger charge is -2.32. The van der Waals surface area contributed by atoms with Crippen molar-refractivity contribution < 1.29 is 33.4 Å². The predicted octanol–water partition coefficient (Wildman–Crippen LogP) is 3.09. The van der Waals surface area contributed by atoms with Gasteiger partial charge in [-0.05, 0) is 18.1 Å². The third-order valence-corrected chi connectivity index (χ3v) is 3.99. The van der Waals surface area contributed by atoms with Crippen molar-refractivity contribution >= 4 is 13.8 Å². The van der Waals surface area contributed by atoms with Gasteiger partial charge >= 0.3 is 13.8 Å². The second-order valence-electron chi connectivity index (χ2n) is 5.56. The summed E-state index contributed by atoms with van der Waals surface area (Å²) in [7, 11) is -4.81. The van der Waals surface area contributed by atoms with Crippen LogP contribution in [0.1, 0.15) is 18.1 Å². The quantitative estimate of drug-likeness (QED) is 0.315. The van der Waals surface area contributed by atoms with Gasteiger partial charge in [0.25, 0.3) is 0 Å². The highest BCUT2D eigenvalue weighted by atomic mass is 31.2. The van der Waals surface area contributed by atoms with E-state index < -0.39 is 26.0 Å². The molecule has 0 saturated heterocycles. The number of hydrogen-bond acceptors (Lipinski definition) is 5. The van der Waals surface area contributed by atoms with Crippen molar-refractivity contribution in [1.82, 2.24) is 0 Å². The Bertz CT molecular complexity index is 759. The maximum atomic E-state index is 11.8. The molecule has 0 radical (unpaired) electrons. The Morgan fingerprint density at radius 1 is 1.04 bits per heavy atom. The van der Waals surface area contributed by atoms with Gasteiger partial charge in [0.05, 0.1) is 0 Å². The van der Waals surface area contributed by atoms with Crippen molar-refractivity contribution in [2.45, 2.75) is 12.5 Å². The van der Waals surface area contributed by atoms with E-state index in [-0.39, 0.29) is 5.57 Å². The summed E-state index contributed by atoms with van der Waals surface area (Å²) in [5.41, 5.74) is -0.520. The number of phosphoric acid groups is 1.